The maximum absolute atomic E-state index is 12.1. The minimum Gasteiger partial charge on any atom is -0.369 e. The Labute approximate surface area is 141 Å². The third-order valence-electron chi connectivity index (χ3n) is 3.92. The van der Waals surface area contributed by atoms with Crippen molar-refractivity contribution in [3.63, 3.8) is 0 Å². The van der Waals surface area contributed by atoms with Crippen LogP contribution in [0.25, 0.3) is 0 Å². The molecule has 0 radical (unpaired) electrons. The molecule has 2 rings (SSSR count). The van der Waals surface area contributed by atoms with Gasteiger partial charge in [-0.25, -0.2) is 8.42 Å². The van der Waals surface area contributed by atoms with E-state index >= 15 is 0 Å². The van der Waals surface area contributed by atoms with Crippen LogP contribution in [0.3, 0.4) is 0 Å². The summed E-state index contributed by atoms with van der Waals surface area (Å²) in [4.78, 5) is 12.5. The zero-order chi connectivity index (χ0) is 17.0. The Morgan fingerprint density at radius 2 is 2.13 bits per heavy atom. The average Bonchev–Trinajstić information content (AvgIpc) is 2.71. The SMILES string of the molecule is CCSC1CCCCN(c2ccc([N+](=O)[O-])cc2S(C)(=O)=O)C1. The predicted octanol–water partition coefficient (Wildman–Crippen LogP) is 3.11. The van der Waals surface area contributed by atoms with Crippen molar-refractivity contribution >= 4 is 33.0 Å². The van der Waals surface area contributed by atoms with Gasteiger partial charge in [0, 0.05) is 36.7 Å². The van der Waals surface area contributed by atoms with E-state index in [4.69, 9.17) is 0 Å². The molecule has 1 unspecified atom stereocenters. The smallest absolute Gasteiger partial charge is 0.270 e. The van der Waals surface area contributed by atoms with Crippen molar-refractivity contribution in [1.29, 1.82) is 0 Å². The molecule has 0 aliphatic carbocycles. The summed E-state index contributed by atoms with van der Waals surface area (Å²) in [7, 11) is -3.53. The van der Waals surface area contributed by atoms with Crippen molar-refractivity contribution in [2.75, 3.05) is 30.0 Å². The molecule has 1 aliphatic heterocycles. The van der Waals surface area contributed by atoms with Crippen LogP contribution in [0.4, 0.5) is 11.4 Å². The number of thioether (sulfide) groups is 1. The standard InChI is InChI=1S/C15H22N2O4S2/c1-3-22-13-6-4-5-9-16(11-13)14-8-7-12(17(18)19)10-15(14)23(2,20)21/h7-8,10,13H,3-6,9,11H2,1-2H3. The second-order valence-electron chi connectivity index (χ2n) is 5.70. The number of benzene rings is 1. The van der Waals surface area contributed by atoms with E-state index in [1.165, 1.54) is 12.1 Å². The molecular weight excluding hydrogens is 336 g/mol. The fourth-order valence-electron chi connectivity index (χ4n) is 2.87. The van der Waals surface area contributed by atoms with Gasteiger partial charge in [0.25, 0.3) is 5.69 Å². The first-order valence-electron chi connectivity index (χ1n) is 7.68. The van der Waals surface area contributed by atoms with Crippen LogP contribution in [0.5, 0.6) is 0 Å². The summed E-state index contributed by atoms with van der Waals surface area (Å²) >= 11 is 1.89. The fourth-order valence-corrected chi connectivity index (χ4v) is 4.87. The molecule has 0 bridgehead atoms. The van der Waals surface area contributed by atoms with Gasteiger partial charge < -0.3 is 4.90 Å². The Balaban J connectivity index is 2.42. The highest BCUT2D eigenvalue weighted by atomic mass is 32.2. The minimum atomic E-state index is -3.53. The Hall–Kier alpha value is -1.28. The summed E-state index contributed by atoms with van der Waals surface area (Å²) in [5.41, 5.74) is 0.394. The van der Waals surface area contributed by atoms with Crippen molar-refractivity contribution in [1.82, 2.24) is 0 Å². The lowest BCUT2D eigenvalue weighted by atomic mass is 10.2. The van der Waals surface area contributed by atoms with Gasteiger partial charge in [-0.1, -0.05) is 13.3 Å². The molecule has 1 aliphatic rings. The maximum atomic E-state index is 12.1. The van der Waals surface area contributed by atoms with Gasteiger partial charge in [-0.3, -0.25) is 10.1 Å². The quantitative estimate of drug-likeness (QED) is 0.594. The highest BCUT2D eigenvalue weighted by Crippen LogP contribution is 2.32. The molecule has 128 valence electrons. The first kappa shape index (κ1) is 18.1. The highest BCUT2D eigenvalue weighted by molar-refractivity contribution is 7.99. The van der Waals surface area contributed by atoms with Crippen LogP contribution >= 0.6 is 11.8 Å². The normalized spacial score (nSPS) is 19.4. The number of nitro benzene ring substituents is 1. The Bertz CT molecular complexity index is 676. The average molecular weight is 358 g/mol. The van der Waals surface area contributed by atoms with E-state index in [1.54, 1.807) is 6.07 Å². The number of nitrogens with zero attached hydrogens (tertiary/aromatic N) is 2. The largest absolute Gasteiger partial charge is 0.369 e. The molecule has 0 saturated carbocycles. The molecular formula is C15H22N2O4S2. The van der Waals surface area contributed by atoms with Crippen LogP contribution in [0.2, 0.25) is 0 Å². The molecule has 1 aromatic rings. The van der Waals surface area contributed by atoms with Gasteiger partial charge in [0.05, 0.1) is 15.5 Å². The van der Waals surface area contributed by atoms with E-state index in [-0.39, 0.29) is 10.6 Å². The van der Waals surface area contributed by atoms with E-state index < -0.39 is 14.8 Å². The molecule has 23 heavy (non-hydrogen) atoms. The summed E-state index contributed by atoms with van der Waals surface area (Å²) in [6.07, 6.45) is 4.35. The number of hydrogen-bond donors (Lipinski definition) is 0. The predicted molar refractivity (Wildman–Crippen MR) is 94.2 cm³/mol. The Kier molecular flexibility index (Phi) is 5.91. The Morgan fingerprint density at radius 3 is 2.74 bits per heavy atom. The van der Waals surface area contributed by atoms with Crippen molar-refractivity contribution in [2.24, 2.45) is 0 Å². The van der Waals surface area contributed by atoms with Crippen molar-refractivity contribution in [2.45, 2.75) is 36.3 Å². The number of non-ortho nitro benzene ring substituents is 1. The number of rotatable bonds is 5. The van der Waals surface area contributed by atoms with E-state index in [0.29, 0.717) is 10.9 Å². The lowest BCUT2D eigenvalue weighted by molar-refractivity contribution is -0.385. The lowest BCUT2D eigenvalue weighted by Crippen LogP contribution is -2.30. The Morgan fingerprint density at radius 1 is 1.39 bits per heavy atom. The van der Waals surface area contributed by atoms with Gasteiger partial charge in [-0.15, -0.1) is 0 Å². The second-order valence-corrected chi connectivity index (χ2v) is 9.26. The zero-order valence-corrected chi connectivity index (χ0v) is 15.0. The molecule has 1 heterocycles. The molecule has 0 aromatic heterocycles. The molecule has 1 aromatic carbocycles. The first-order chi connectivity index (χ1) is 10.8. The van der Waals surface area contributed by atoms with Crippen LogP contribution in [-0.2, 0) is 9.84 Å². The van der Waals surface area contributed by atoms with E-state index in [1.807, 2.05) is 11.8 Å². The number of sulfone groups is 1. The van der Waals surface area contributed by atoms with Crippen LogP contribution in [0.15, 0.2) is 23.1 Å². The van der Waals surface area contributed by atoms with Crippen LogP contribution in [0, 0.1) is 10.1 Å². The van der Waals surface area contributed by atoms with Gasteiger partial charge in [-0.05, 0) is 24.7 Å². The minimum absolute atomic E-state index is 0.0499. The first-order valence-corrected chi connectivity index (χ1v) is 10.6. The number of hydrogen-bond acceptors (Lipinski definition) is 6. The van der Waals surface area contributed by atoms with Crippen molar-refractivity contribution in [3.05, 3.63) is 28.3 Å². The van der Waals surface area contributed by atoms with Crippen LogP contribution in [-0.4, -0.2) is 43.7 Å². The molecule has 0 amide bonds. The molecule has 1 saturated heterocycles. The van der Waals surface area contributed by atoms with E-state index in [2.05, 4.69) is 11.8 Å². The summed E-state index contributed by atoms with van der Waals surface area (Å²) in [6, 6.07) is 4.14. The lowest BCUT2D eigenvalue weighted by Gasteiger charge is -2.27. The van der Waals surface area contributed by atoms with Crippen LogP contribution in [0.1, 0.15) is 26.2 Å². The number of nitro groups is 1. The van der Waals surface area contributed by atoms with Crippen LogP contribution < -0.4 is 4.90 Å². The summed E-state index contributed by atoms with van der Waals surface area (Å²) in [5, 5.41) is 11.4. The monoisotopic (exact) mass is 358 g/mol. The molecule has 8 heteroatoms. The third-order valence-corrected chi connectivity index (χ3v) is 6.24. The van der Waals surface area contributed by atoms with Gasteiger partial charge in [0.1, 0.15) is 0 Å². The topological polar surface area (TPSA) is 80.5 Å². The molecule has 1 atom stereocenters. The van der Waals surface area contributed by atoms with E-state index in [0.717, 1.165) is 44.4 Å². The molecule has 1 fully saturated rings. The molecule has 0 spiro atoms. The molecule has 0 N–H and O–H groups in total. The van der Waals surface area contributed by atoms with E-state index in [9.17, 15) is 18.5 Å². The maximum Gasteiger partial charge on any atom is 0.270 e. The number of anilines is 1. The van der Waals surface area contributed by atoms with Crippen molar-refractivity contribution in [3.8, 4) is 0 Å². The summed E-state index contributed by atoms with van der Waals surface area (Å²) in [5.74, 6) is 1.03. The third kappa shape index (κ3) is 4.60. The zero-order valence-electron chi connectivity index (χ0n) is 13.4. The van der Waals surface area contributed by atoms with Gasteiger partial charge in [-0.2, -0.15) is 11.8 Å². The second kappa shape index (κ2) is 7.53. The molecule has 6 nitrogen and oxygen atoms in total. The highest BCUT2D eigenvalue weighted by Gasteiger charge is 2.25. The fraction of sp³-hybridized carbons (Fsp3) is 0.600. The van der Waals surface area contributed by atoms with Gasteiger partial charge in [0.2, 0.25) is 0 Å². The summed E-state index contributed by atoms with van der Waals surface area (Å²) < 4.78 is 24.2. The van der Waals surface area contributed by atoms with Gasteiger partial charge >= 0.3 is 0 Å². The van der Waals surface area contributed by atoms with Crippen molar-refractivity contribution < 1.29 is 13.3 Å². The van der Waals surface area contributed by atoms with Gasteiger partial charge in [0.15, 0.2) is 9.84 Å². The summed E-state index contributed by atoms with van der Waals surface area (Å²) in [6.45, 7) is 3.67.